The van der Waals surface area contributed by atoms with Crippen LogP contribution in [-0.2, 0) is 0 Å². The molecule has 0 spiro atoms. The minimum Gasteiger partial charge on any atom is -0.395 e. The molecule has 0 fully saturated rings. The first-order valence-electron chi connectivity index (χ1n) is 5.30. The summed E-state index contributed by atoms with van der Waals surface area (Å²) in [6.07, 6.45) is 0. The van der Waals surface area contributed by atoms with Crippen molar-refractivity contribution < 1.29 is 9.90 Å². The van der Waals surface area contributed by atoms with Crippen molar-refractivity contribution >= 4 is 32.6 Å². The van der Waals surface area contributed by atoms with Crippen molar-refractivity contribution in [2.75, 3.05) is 13.2 Å². The summed E-state index contributed by atoms with van der Waals surface area (Å²) >= 11 is 3.45. The van der Waals surface area contributed by atoms with E-state index in [-0.39, 0.29) is 19.1 Å². The lowest BCUT2D eigenvalue weighted by molar-refractivity contribution is 0.0944. The van der Waals surface area contributed by atoms with E-state index in [1.165, 1.54) is 0 Å². The van der Waals surface area contributed by atoms with Crippen molar-refractivity contribution in [1.29, 1.82) is 0 Å². The third-order valence-corrected chi connectivity index (χ3v) is 3.36. The zero-order chi connectivity index (χ0) is 12.3. The van der Waals surface area contributed by atoms with Gasteiger partial charge >= 0.3 is 0 Å². The van der Waals surface area contributed by atoms with Crippen LogP contribution in [0.25, 0.3) is 10.8 Å². The smallest absolute Gasteiger partial charge is 0.252 e. The van der Waals surface area contributed by atoms with Gasteiger partial charge in [0.2, 0.25) is 0 Å². The topological polar surface area (TPSA) is 49.3 Å². The molecule has 0 bridgehead atoms. The van der Waals surface area contributed by atoms with E-state index in [1.807, 2.05) is 30.3 Å². The van der Waals surface area contributed by atoms with E-state index in [9.17, 15) is 4.79 Å². The first-order valence-corrected chi connectivity index (χ1v) is 6.09. The summed E-state index contributed by atoms with van der Waals surface area (Å²) in [6, 6.07) is 11.5. The summed E-state index contributed by atoms with van der Waals surface area (Å²) in [5.41, 5.74) is 0.581. The molecule has 4 heteroatoms. The second-order valence-electron chi connectivity index (χ2n) is 3.63. The van der Waals surface area contributed by atoms with Crippen molar-refractivity contribution in [1.82, 2.24) is 5.32 Å². The van der Waals surface area contributed by atoms with Gasteiger partial charge in [-0.15, -0.1) is 0 Å². The predicted molar refractivity (Wildman–Crippen MR) is 71.1 cm³/mol. The lowest BCUT2D eigenvalue weighted by Gasteiger charge is -2.08. The average molecular weight is 294 g/mol. The van der Waals surface area contributed by atoms with Gasteiger partial charge in [-0.2, -0.15) is 0 Å². The molecule has 17 heavy (non-hydrogen) atoms. The number of carbonyl (C=O) groups excluding carboxylic acids is 1. The van der Waals surface area contributed by atoms with Crippen molar-refractivity contribution in [2.45, 2.75) is 0 Å². The lowest BCUT2D eigenvalue weighted by atomic mass is 10.1. The maximum Gasteiger partial charge on any atom is 0.252 e. The molecule has 0 atom stereocenters. The van der Waals surface area contributed by atoms with Crippen LogP contribution in [0.1, 0.15) is 10.4 Å². The summed E-state index contributed by atoms with van der Waals surface area (Å²) in [5.74, 6) is -0.184. The lowest BCUT2D eigenvalue weighted by Crippen LogP contribution is -2.26. The average Bonchev–Trinajstić information content (AvgIpc) is 2.37. The van der Waals surface area contributed by atoms with E-state index in [4.69, 9.17) is 5.11 Å². The normalized spacial score (nSPS) is 10.5. The Morgan fingerprint density at radius 2 is 2.00 bits per heavy atom. The molecule has 2 N–H and O–H groups in total. The van der Waals surface area contributed by atoms with Crippen LogP contribution in [0.4, 0.5) is 0 Å². The van der Waals surface area contributed by atoms with Crippen molar-refractivity contribution in [3.63, 3.8) is 0 Å². The fraction of sp³-hybridized carbons (Fsp3) is 0.154. The highest BCUT2D eigenvalue weighted by Crippen LogP contribution is 2.27. The molecule has 0 aliphatic heterocycles. The van der Waals surface area contributed by atoms with Gasteiger partial charge < -0.3 is 10.4 Å². The first kappa shape index (κ1) is 12.1. The fourth-order valence-corrected chi connectivity index (χ4v) is 2.35. The van der Waals surface area contributed by atoms with Crippen LogP contribution in [-0.4, -0.2) is 24.2 Å². The molecule has 2 aromatic carbocycles. The monoisotopic (exact) mass is 293 g/mol. The van der Waals surface area contributed by atoms with Gasteiger partial charge in [-0.25, -0.2) is 0 Å². The Bertz CT molecular complexity index is 554. The molecule has 0 aromatic heterocycles. The van der Waals surface area contributed by atoms with Gasteiger partial charge in [0.25, 0.3) is 5.91 Å². The van der Waals surface area contributed by atoms with E-state index in [0.717, 1.165) is 15.2 Å². The van der Waals surface area contributed by atoms with Crippen LogP contribution in [0, 0.1) is 0 Å². The molecule has 2 rings (SSSR count). The predicted octanol–water partition coefficient (Wildman–Crippen LogP) is 2.32. The standard InChI is InChI=1S/C13H12BrNO2/c14-12-10-4-2-1-3-9(10)5-6-11(12)13(17)15-7-8-16/h1-6,16H,7-8H2,(H,15,17). The van der Waals surface area contributed by atoms with Crippen LogP contribution >= 0.6 is 15.9 Å². The molecule has 0 aliphatic carbocycles. The Labute approximate surface area is 108 Å². The van der Waals surface area contributed by atoms with Gasteiger partial charge in [0.05, 0.1) is 12.2 Å². The first-order chi connectivity index (χ1) is 8.24. The summed E-state index contributed by atoms with van der Waals surface area (Å²) in [5, 5.41) is 13.4. The molecule has 0 heterocycles. The highest BCUT2D eigenvalue weighted by Gasteiger charge is 2.11. The van der Waals surface area contributed by atoms with Crippen molar-refractivity contribution in [3.05, 3.63) is 46.4 Å². The van der Waals surface area contributed by atoms with Crippen LogP contribution in [0.5, 0.6) is 0 Å². The van der Waals surface area contributed by atoms with Crippen LogP contribution in [0.2, 0.25) is 0 Å². The summed E-state index contributed by atoms with van der Waals surface area (Å²) in [7, 11) is 0. The maximum atomic E-state index is 11.8. The molecule has 3 nitrogen and oxygen atoms in total. The highest BCUT2D eigenvalue weighted by molar-refractivity contribution is 9.10. The minimum atomic E-state index is -0.184. The SMILES string of the molecule is O=C(NCCO)c1ccc2ccccc2c1Br. The molecule has 0 radical (unpaired) electrons. The third kappa shape index (κ3) is 2.48. The quantitative estimate of drug-likeness (QED) is 0.912. The molecule has 0 unspecified atom stereocenters. The number of fused-ring (bicyclic) bond motifs is 1. The Morgan fingerprint density at radius 1 is 1.24 bits per heavy atom. The number of amides is 1. The number of carbonyl (C=O) groups is 1. The largest absolute Gasteiger partial charge is 0.395 e. The van der Waals surface area contributed by atoms with Crippen LogP contribution < -0.4 is 5.32 Å². The maximum absolute atomic E-state index is 11.8. The molecule has 2 aromatic rings. The third-order valence-electron chi connectivity index (χ3n) is 2.51. The molecule has 1 amide bonds. The summed E-state index contributed by atoms with van der Waals surface area (Å²) in [6.45, 7) is 0.203. The molecular weight excluding hydrogens is 282 g/mol. The number of hydrogen-bond donors (Lipinski definition) is 2. The number of aliphatic hydroxyl groups excluding tert-OH is 1. The summed E-state index contributed by atoms with van der Waals surface area (Å²) in [4.78, 5) is 11.8. The molecule has 0 saturated heterocycles. The highest BCUT2D eigenvalue weighted by atomic mass is 79.9. The van der Waals surface area contributed by atoms with Gasteiger partial charge in [-0.1, -0.05) is 30.3 Å². The second-order valence-corrected chi connectivity index (χ2v) is 4.42. The van der Waals surface area contributed by atoms with E-state index in [0.29, 0.717) is 5.56 Å². The Morgan fingerprint density at radius 3 is 2.76 bits per heavy atom. The Kier molecular flexibility index (Phi) is 3.76. The van der Waals surface area contributed by atoms with Gasteiger partial charge in [0.1, 0.15) is 0 Å². The number of aliphatic hydroxyl groups is 1. The molecule has 0 saturated carbocycles. The van der Waals surface area contributed by atoms with E-state index >= 15 is 0 Å². The van der Waals surface area contributed by atoms with Crippen LogP contribution in [0.15, 0.2) is 40.9 Å². The summed E-state index contributed by atoms with van der Waals surface area (Å²) < 4.78 is 0.783. The Hall–Kier alpha value is -1.39. The number of halogens is 1. The van der Waals surface area contributed by atoms with Gasteiger partial charge in [-0.05, 0) is 32.8 Å². The Balaban J connectivity index is 2.42. The number of rotatable bonds is 3. The van der Waals surface area contributed by atoms with E-state index in [2.05, 4.69) is 21.2 Å². The molecule has 0 aliphatic rings. The van der Waals surface area contributed by atoms with Gasteiger partial charge in [-0.3, -0.25) is 4.79 Å². The molecule has 88 valence electrons. The van der Waals surface area contributed by atoms with Crippen molar-refractivity contribution in [3.8, 4) is 0 Å². The zero-order valence-electron chi connectivity index (χ0n) is 9.11. The number of benzene rings is 2. The zero-order valence-corrected chi connectivity index (χ0v) is 10.7. The van der Waals surface area contributed by atoms with E-state index in [1.54, 1.807) is 6.07 Å². The number of nitrogens with one attached hydrogen (secondary N) is 1. The minimum absolute atomic E-state index is 0.0586. The van der Waals surface area contributed by atoms with Gasteiger partial charge in [0, 0.05) is 11.0 Å². The van der Waals surface area contributed by atoms with Crippen LogP contribution in [0.3, 0.4) is 0 Å². The van der Waals surface area contributed by atoms with E-state index < -0.39 is 0 Å². The second kappa shape index (κ2) is 5.29. The molecular formula is C13H12BrNO2. The van der Waals surface area contributed by atoms with Gasteiger partial charge in [0.15, 0.2) is 0 Å². The fourth-order valence-electron chi connectivity index (χ4n) is 1.67. The van der Waals surface area contributed by atoms with Crippen molar-refractivity contribution in [2.24, 2.45) is 0 Å². The number of hydrogen-bond acceptors (Lipinski definition) is 2.